The Balaban J connectivity index is 2.76. The molecule has 0 fully saturated rings. The molecule has 0 bridgehead atoms. The molecule has 2 atom stereocenters. The molecular weight excluding hydrogens is 256 g/mol. The second kappa shape index (κ2) is 6.58. The van der Waals surface area contributed by atoms with Gasteiger partial charge in [-0.05, 0) is 6.07 Å². The Bertz CT molecular complexity index is 428. The molecule has 0 saturated carbocycles. The summed E-state index contributed by atoms with van der Waals surface area (Å²) in [6.45, 7) is 1.40. The number of aliphatic hydroxyl groups is 2. The number of carbonyl (C=O) groups is 1. The van der Waals surface area contributed by atoms with E-state index >= 15 is 0 Å². The fourth-order valence-electron chi connectivity index (χ4n) is 1.31. The van der Waals surface area contributed by atoms with E-state index in [0.29, 0.717) is 11.3 Å². The molecule has 1 heterocycles. The van der Waals surface area contributed by atoms with Gasteiger partial charge in [0.25, 0.3) is 0 Å². The third kappa shape index (κ3) is 3.86. The Morgan fingerprint density at radius 1 is 1.61 bits per heavy atom. The number of pyridine rings is 1. The highest BCUT2D eigenvalue weighted by Crippen LogP contribution is 2.26. The molecule has 0 spiro atoms. The first kappa shape index (κ1) is 14.7. The van der Waals surface area contributed by atoms with Crippen molar-refractivity contribution in [3.63, 3.8) is 0 Å². The number of hydrogen-bond donors (Lipinski definition) is 3. The number of nitrogens with two attached hydrogens (primary N) is 1. The quantitative estimate of drug-likeness (QED) is 0.710. The van der Waals surface area contributed by atoms with E-state index < -0.39 is 12.2 Å². The fourth-order valence-corrected chi connectivity index (χ4v) is 1.90. The van der Waals surface area contributed by atoms with Crippen LogP contribution in [0.3, 0.4) is 0 Å². The van der Waals surface area contributed by atoms with Crippen LogP contribution in [0.25, 0.3) is 0 Å². The minimum Gasteiger partial charge on any atom is -0.493 e. The summed E-state index contributed by atoms with van der Waals surface area (Å²) in [5.74, 6) is 0.655. The van der Waals surface area contributed by atoms with E-state index in [1.165, 1.54) is 26.3 Å². The van der Waals surface area contributed by atoms with Crippen LogP contribution in [-0.4, -0.2) is 39.3 Å². The highest BCUT2D eigenvalue weighted by atomic mass is 32.2. The SMILES string of the molecule is COc1cc(C(O)C(O)CSC(C)=O)cnc1N. The fraction of sp³-hybridized carbons (Fsp3) is 0.455. The smallest absolute Gasteiger partial charge is 0.185 e. The molecule has 0 radical (unpaired) electrons. The molecule has 0 aliphatic heterocycles. The molecule has 18 heavy (non-hydrogen) atoms. The number of nitrogens with zero attached hydrogens (tertiary/aromatic N) is 1. The van der Waals surface area contributed by atoms with Gasteiger partial charge in [-0.2, -0.15) is 0 Å². The summed E-state index contributed by atoms with van der Waals surface area (Å²) in [6.07, 6.45) is -0.836. The van der Waals surface area contributed by atoms with Gasteiger partial charge in [0.05, 0.1) is 13.2 Å². The Labute approximate surface area is 109 Å². The second-order valence-corrected chi connectivity index (χ2v) is 4.87. The maximum Gasteiger partial charge on any atom is 0.185 e. The molecule has 6 nitrogen and oxygen atoms in total. The van der Waals surface area contributed by atoms with Gasteiger partial charge in [-0.3, -0.25) is 4.79 Å². The van der Waals surface area contributed by atoms with E-state index in [-0.39, 0.29) is 16.7 Å². The lowest BCUT2D eigenvalue weighted by Gasteiger charge is -2.17. The van der Waals surface area contributed by atoms with Crippen LogP contribution in [0.2, 0.25) is 0 Å². The summed E-state index contributed by atoms with van der Waals surface area (Å²) >= 11 is 0.950. The van der Waals surface area contributed by atoms with Crippen LogP contribution in [0.5, 0.6) is 5.75 Å². The molecule has 1 rings (SSSR count). The Hall–Kier alpha value is -1.31. The molecule has 100 valence electrons. The van der Waals surface area contributed by atoms with E-state index in [4.69, 9.17) is 10.5 Å². The Kier molecular flexibility index (Phi) is 5.39. The van der Waals surface area contributed by atoms with Crippen LogP contribution in [0.4, 0.5) is 5.82 Å². The average Bonchev–Trinajstić information content (AvgIpc) is 2.35. The third-order valence-electron chi connectivity index (χ3n) is 2.29. The van der Waals surface area contributed by atoms with Crippen LogP contribution in [0.1, 0.15) is 18.6 Å². The van der Waals surface area contributed by atoms with E-state index in [9.17, 15) is 15.0 Å². The first-order valence-electron chi connectivity index (χ1n) is 5.24. The lowest BCUT2D eigenvalue weighted by atomic mass is 10.1. The number of methoxy groups -OCH3 is 1. The first-order chi connectivity index (χ1) is 8.45. The van der Waals surface area contributed by atoms with Crippen LogP contribution in [0, 0.1) is 0 Å². The Morgan fingerprint density at radius 2 is 2.28 bits per heavy atom. The largest absolute Gasteiger partial charge is 0.493 e. The average molecular weight is 272 g/mol. The van der Waals surface area contributed by atoms with Crippen LogP contribution in [-0.2, 0) is 4.79 Å². The molecule has 4 N–H and O–H groups in total. The molecular formula is C11H16N2O4S. The lowest BCUT2D eigenvalue weighted by molar-refractivity contribution is -0.109. The number of ether oxygens (including phenoxy) is 1. The summed E-state index contributed by atoms with van der Waals surface area (Å²) in [6, 6.07) is 1.51. The number of anilines is 1. The minimum atomic E-state index is -1.14. The third-order valence-corrected chi connectivity index (χ3v) is 3.20. The topological polar surface area (TPSA) is 106 Å². The molecule has 0 aliphatic carbocycles. The molecule has 2 unspecified atom stereocenters. The minimum absolute atomic E-state index is 0.114. The number of aliphatic hydroxyl groups excluding tert-OH is 2. The second-order valence-electron chi connectivity index (χ2n) is 3.67. The summed E-state index contributed by atoms with van der Waals surface area (Å²) in [7, 11) is 1.44. The van der Waals surface area contributed by atoms with Gasteiger partial charge >= 0.3 is 0 Å². The van der Waals surface area contributed by atoms with Gasteiger partial charge in [0.2, 0.25) is 0 Å². The molecule has 0 aliphatic rings. The van der Waals surface area contributed by atoms with Gasteiger partial charge in [-0.1, -0.05) is 11.8 Å². The first-order valence-corrected chi connectivity index (χ1v) is 6.23. The zero-order chi connectivity index (χ0) is 13.7. The van der Waals surface area contributed by atoms with Crippen molar-refractivity contribution in [3.05, 3.63) is 17.8 Å². The number of aromatic nitrogens is 1. The summed E-state index contributed by atoms with van der Waals surface area (Å²) < 4.78 is 4.97. The zero-order valence-electron chi connectivity index (χ0n) is 10.2. The molecule has 0 aromatic carbocycles. The van der Waals surface area contributed by atoms with Crippen molar-refractivity contribution in [1.29, 1.82) is 0 Å². The van der Waals surface area contributed by atoms with E-state index in [2.05, 4.69) is 4.98 Å². The van der Waals surface area contributed by atoms with Crippen LogP contribution >= 0.6 is 11.8 Å². The highest BCUT2D eigenvalue weighted by molar-refractivity contribution is 8.13. The zero-order valence-corrected chi connectivity index (χ0v) is 11.0. The maximum atomic E-state index is 10.8. The van der Waals surface area contributed by atoms with Gasteiger partial charge < -0.3 is 20.7 Å². The highest BCUT2D eigenvalue weighted by Gasteiger charge is 2.20. The summed E-state index contributed by atoms with van der Waals surface area (Å²) in [4.78, 5) is 14.6. The van der Waals surface area contributed by atoms with Gasteiger partial charge in [-0.15, -0.1) is 0 Å². The van der Waals surface area contributed by atoms with E-state index in [1.807, 2.05) is 0 Å². The monoisotopic (exact) mass is 272 g/mol. The van der Waals surface area contributed by atoms with Gasteiger partial charge in [0.1, 0.15) is 6.10 Å². The Morgan fingerprint density at radius 3 is 2.83 bits per heavy atom. The van der Waals surface area contributed by atoms with Crippen molar-refractivity contribution < 1.29 is 19.7 Å². The number of carbonyl (C=O) groups excluding carboxylic acids is 1. The van der Waals surface area contributed by atoms with E-state index in [0.717, 1.165) is 11.8 Å². The molecule has 0 saturated heterocycles. The van der Waals surface area contributed by atoms with E-state index in [1.54, 1.807) is 0 Å². The standard InChI is InChI=1S/C11H16N2O4S/c1-6(14)18-5-8(15)10(16)7-3-9(17-2)11(12)13-4-7/h3-4,8,10,15-16H,5H2,1-2H3,(H2,12,13). The molecule has 1 aromatic heterocycles. The van der Waals surface area contributed by atoms with Crippen LogP contribution in [0.15, 0.2) is 12.3 Å². The number of rotatable bonds is 5. The number of thioether (sulfide) groups is 1. The lowest BCUT2D eigenvalue weighted by Crippen LogP contribution is -2.21. The molecule has 0 amide bonds. The molecule has 1 aromatic rings. The van der Waals surface area contributed by atoms with Crippen molar-refractivity contribution in [2.45, 2.75) is 19.1 Å². The predicted octanol–water partition coefficient (Wildman–Crippen LogP) is 0.346. The van der Waals surface area contributed by atoms with Crippen LogP contribution < -0.4 is 10.5 Å². The van der Waals surface area contributed by atoms with Crippen molar-refractivity contribution in [1.82, 2.24) is 4.98 Å². The van der Waals surface area contributed by atoms with Gasteiger partial charge in [0, 0.05) is 24.4 Å². The summed E-state index contributed by atoms with van der Waals surface area (Å²) in [5.41, 5.74) is 5.93. The predicted molar refractivity (Wildman–Crippen MR) is 69.3 cm³/mol. The number of nitrogen functional groups attached to an aromatic ring is 1. The van der Waals surface area contributed by atoms with Gasteiger partial charge in [0.15, 0.2) is 16.7 Å². The van der Waals surface area contributed by atoms with Crippen molar-refractivity contribution in [3.8, 4) is 5.75 Å². The van der Waals surface area contributed by atoms with Crippen molar-refractivity contribution in [2.24, 2.45) is 0 Å². The van der Waals surface area contributed by atoms with Crippen molar-refractivity contribution >= 4 is 22.7 Å². The number of hydrogen-bond acceptors (Lipinski definition) is 7. The summed E-state index contributed by atoms with van der Waals surface area (Å²) in [5, 5.41) is 19.5. The normalized spacial score (nSPS) is 14.0. The maximum absolute atomic E-state index is 10.8. The van der Waals surface area contributed by atoms with Gasteiger partial charge in [-0.25, -0.2) is 4.98 Å². The van der Waals surface area contributed by atoms with Crippen molar-refractivity contribution in [2.75, 3.05) is 18.6 Å². The molecule has 7 heteroatoms.